The lowest BCUT2D eigenvalue weighted by molar-refractivity contribution is -0.142. The minimum atomic E-state index is -0.761. The number of amides is 2. The summed E-state index contributed by atoms with van der Waals surface area (Å²) in [6, 6.07) is 12.9. The molecule has 2 amide bonds. The molecule has 33 heavy (non-hydrogen) atoms. The van der Waals surface area contributed by atoms with Crippen LogP contribution in [-0.4, -0.2) is 50.4 Å². The molecule has 0 radical (unpaired) electrons. The normalized spacial score (nSPS) is 11.7. The molecule has 0 heterocycles. The molecule has 1 atom stereocenters. The van der Waals surface area contributed by atoms with Gasteiger partial charge in [-0.2, -0.15) is 5.10 Å². The van der Waals surface area contributed by atoms with E-state index in [1.807, 2.05) is 26.8 Å². The molecule has 0 aromatic heterocycles. The Hall–Kier alpha value is -3.88. The molecular formula is C24H29N3O6. The third-order valence-corrected chi connectivity index (χ3v) is 4.50. The van der Waals surface area contributed by atoms with Gasteiger partial charge in [0.15, 0.2) is 18.1 Å². The van der Waals surface area contributed by atoms with E-state index in [4.69, 9.17) is 9.47 Å². The van der Waals surface area contributed by atoms with Gasteiger partial charge in [0, 0.05) is 5.56 Å². The second kappa shape index (κ2) is 12.8. The van der Waals surface area contributed by atoms with E-state index in [0.717, 1.165) is 0 Å². The molecule has 2 aromatic carbocycles. The number of methoxy groups -OCH3 is 1. The van der Waals surface area contributed by atoms with Crippen molar-refractivity contribution in [1.82, 2.24) is 10.7 Å². The summed E-state index contributed by atoms with van der Waals surface area (Å²) in [5, 5.41) is 6.74. The van der Waals surface area contributed by atoms with E-state index in [-0.39, 0.29) is 18.4 Å². The number of hydrazone groups is 1. The summed E-state index contributed by atoms with van der Waals surface area (Å²) < 4.78 is 15.5. The summed E-state index contributed by atoms with van der Waals surface area (Å²) in [5.74, 6) is -0.627. The van der Waals surface area contributed by atoms with Gasteiger partial charge < -0.3 is 19.5 Å². The van der Waals surface area contributed by atoms with Gasteiger partial charge in [0.1, 0.15) is 6.04 Å². The van der Waals surface area contributed by atoms with Crippen LogP contribution < -0.4 is 20.2 Å². The number of hydrogen-bond donors (Lipinski definition) is 2. The van der Waals surface area contributed by atoms with E-state index >= 15 is 0 Å². The molecule has 0 saturated heterocycles. The molecule has 9 nitrogen and oxygen atoms in total. The molecule has 0 bridgehead atoms. The molecule has 0 aliphatic rings. The van der Waals surface area contributed by atoms with E-state index in [1.165, 1.54) is 13.3 Å². The highest BCUT2D eigenvalue weighted by atomic mass is 16.6. The van der Waals surface area contributed by atoms with Crippen LogP contribution in [0.2, 0.25) is 0 Å². The number of carbonyl (C=O) groups is 3. The average Bonchev–Trinajstić information content (AvgIpc) is 2.82. The molecular weight excluding hydrogens is 426 g/mol. The SMILES string of the molecule is CCOc1cc(/C=N/NC(=O)C(NC(=O)c2ccccc2)C(C)C)ccc1OCC(=O)OC. The van der Waals surface area contributed by atoms with Crippen molar-refractivity contribution in [2.45, 2.75) is 26.8 Å². The van der Waals surface area contributed by atoms with Crippen molar-refractivity contribution in [2.24, 2.45) is 11.0 Å². The number of nitrogens with zero attached hydrogens (tertiary/aromatic N) is 1. The number of benzene rings is 2. The zero-order valence-corrected chi connectivity index (χ0v) is 19.2. The second-order valence-corrected chi connectivity index (χ2v) is 7.30. The van der Waals surface area contributed by atoms with Gasteiger partial charge in [-0.3, -0.25) is 9.59 Å². The largest absolute Gasteiger partial charge is 0.490 e. The Balaban J connectivity index is 2.03. The molecule has 2 aromatic rings. The molecule has 9 heteroatoms. The number of esters is 1. The van der Waals surface area contributed by atoms with Gasteiger partial charge in [0.05, 0.1) is 19.9 Å². The van der Waals surface area contributed by atoms with Crippen LogP contribution in [-0.2, 0) is 14.3 Å². The van der Waals surface area contributed by atoms with Gasteiger partial charge in [0.2, 0.25) is 0 Å². The quantitative estimate of drug-likeness (QED) is 0.306. The highest BCUT2D eigenvalue weighted by molar-refractivity contribution is 5.97. The van der Waals surface area contributed by atoms with E-state index in [2.05, 4.69) is 20.6 Å². The summed E-state index contributed by atoms with van der Waals surface area (Å²) >= 11 is 0. The minimum absolute atomic E-state index is 0.149. The van der Waals surface area contributed by atoms with Crippen LogP contribution in [0, 0.1) is 5.92 Å². The molecule has 1 unspecified atom stereocenters. The monoisotopic (exact) mass is 455 g/mol. The van der Waals surface area contributed by atoms with Crippen LogP contribution in [0.15, 0.2) is 53.6 Å². The topological polar surface area (TPSA) is 115 Å². The zero-order chi connectivity index (χ0) is 24.2. The van der Waals surface area contributed by atoms with Crippen LogP contribution >= 0.6 is 0 Å². The highest BCUT2D eigenvalue weighted by Gasteiger charge is 2.24. The van der Waals surface area contributed by atoms with Crippen LogP contribution in [0.1, 0.15) is 36.7 Å². The van der Waals surface area contributed by atoms with Crippen molar-refractivity contribution < 1.29 is 28.6 Å². The van der Waals surface area contributed by atoms with Crippen LogP contribution in [0.3, 0.4) is 0 Å². The molecule has 2 rings (SSSR count). The lowest BCUT2D eigenvalue weighted by Crippen LogP contribution is -2.48. The fourth-order valence-corrected chi connectivity index (χ4v) is 2.78. The Kier molecular flexibility index (Phi) is 9.88. The van der Waals surface area contributed by atoms with Gasteiger partial charge in [-0.1, -0.05) is 32.0 Å². The van der Waals surface area contributed by atoms with Crippen molar-refractivity contribution in [3.8, 4) is 11.5 Å². The molecule has 0 aliphatic heterocycles. The minimum Gasteiger partial charge on any atom is -0.490 e. The molecule has 176 valence electrons. The predicted molar refractivity (Wildman–Crippen MR) is 123 cm³/mol. The lowest BCUT2D eigenvalue weighted by atomic mass is 10.0. The number of carbonyl (C=O) groups excluding carboxylic acids is 3. The zero-order valence-electron chi connectivity index (χ0n) is 19.2. The van der Waals surface area contributed by atoms with Crippen LogP contribution in [0.25, 0.3) is 0 Å². The van der Waals surface area contributed by atoms with Gasteiger partial charge >= 0.3 is 5.97 Å². The van der Waals surface area contributed by atoms with Crippen molar-refractivity contribution in [1.29, 1.82) is 0 Å². The Morgan fingerprint density at radius 2 is 1.76 bits per heavy atom. The first-order valence-electron chi connectivity index (χ1n) is 10.5. The standard InChI is InChI=1S/C24H29N3O6/c1-5-32-20-13-17(11-12-19(20)33-15-21(28)31-4)14-25-27-24(30)22(16(2)3)26-23(29)18-9-7-6-8-10-18/h6-14,16,22H,5,15H2,1-4H3,(H,26,29)(H,27,30)/b25-14+. The van der Waals surface area contributed by atoms with Crippen molar-refractivity contribution in [3.05, 3.63) is 59.7 Å². The third-order valence-electron chi connectivity index (χ3n) is 4.50. The third kappa shape index (κ3) is 7.95. The summed E-state index contributed by atoms with van der Waals surface area (Å²) in [6.45, 7) is 5.64. The summed E-state index contributed by atoms with van der Waals surface area (Å²) in [5.41, 5.74) is 3.57. The lowest BCUT2D eigenvalue weighted by Gasteiger charge is -2.20. The summed E-state index contributed by atoms with van der Waals surface area (Å²) in [7, 11) is 1.28. The smallest absolute Gasteiger partial charge is 0.343 e. The fraction of sp³-hybridized carbons (Fsp3) is 0.333. The highest BCUT2D eigenvalue weighted by Crippen LogP contribution is 2.28. The number of ether oxygens (including phenoxy) is 3. The number of hydrogen-bond acceptors (Lipinski definition) is 7. The molecule has 0 spiro atoms. The van der Waals surface area contributed by atoms with E-state index in [1.54, 1.807) is 42.5 Å². The molecule has 0 saturated carbocycles. The van der Waals surface area contributed by atoms with E-state index in [9.17, 15) is 14.4 Å². The first kappa shape index (κ1) is 25.4. The fourth-order valence-electron chi connectivity index (χ4n) is 2.78. The van der Waals surface area contributed by atoms with Crippen molar-refractivity contribution in [2.75, 3.05) is 20.3 Å². The van der Waals surface area contributed by atoms with Gasteiger partial charge in [-0.05, 0) is 48.7 Å². The number of rotatable bonds is 11. The Bertz CT molecular complexity index is 975. The maximum atomic E-state index is 12.6. The van der Waals surface area contributed by atoms with E-state index in [0.29, 0.717) is 29.2 Å². The maximum Gasteiger partial charge on any atom is 0.343 e. The second-order valence-electron chi connectivity index (χ2n) is 7.30. The van der Waals surface area contributed by atoms with Gasteiger partial charge in [-0.15, -0.1) is 0 Å². The summed E-state index contributed by atoms with van der Waals surface area (Å²) in [6.07, 6.45) is 1.45. The predicted octanol–water partition coefficient (Wildman–Crippen LogP) is 2.54. The first-order valence-corrected chi connectivity index (χ1v) is 10.5. The van der Waals surface area contributed by atoms with Crippen molar-refractivity contribution >= 4 is 24.0 Å². The van der Waals surface area contributed by atoms with Gasteiger partial charge in [-0.25, -0.2) is 10.2 Å². The maximum absolute atomic E-state index is 12.6. The Morgan fingerprint density at radius 3 is 2.39 bits per heavy atom. The van der Waals surface area contributed by atoms with Crippen molar-refractivity contribution in [3.63, 3.8) is 0 Å². The molecule has 2 N–H and O–H groups in total. The van der Waals surface area contributed by atoms with Crippen LogP contribution in [0.5, 0.6) is 11.5 Å². The molecule has 0 aliphatic carbocycles. The number of nitrogens with one attached hydrogen (secondary N) is 2. The average molecular weight is 456 g/mol. The van der Waals surface area contributed by atoms with Crippen LogP contribution in [0.4, 0.5) is 0 Å². The van der Waals surface area contributed by atoms with E-state index < -0.39 is 17.9 Å². The van der Waals surface area contributed by atoms with Gasteiger partial charge in [0.25, 0.3) is 11.8 Å². The Morgan fingerprint density at radius 1 is 1.03 bits per heavy atom. The Labute approximate surface area is 193 Å². The summed E-state index contributed by atoms with van der Waals surface area (Å²) in [4.78, 5) is 36.3. The molecule has 0 fully saturated rings. The first-order chi connectivity index (χ1) is 15.8.